The largest absolute Gasteiger partial charge is 0.490 e. The number of amides is 1. The highest BCUT2D eigenvalue weighted by Crippen LogP contribution is 2.21. The van der Waals surface area contributed by atoms with E-state index in [1.807, 2.05) is 0 Å². The van der Waals surface area contributed by atoms with E-state index in [1.165, 1.54) is 10.7 Å². The second-order valence-corrected chi connectivity index (χ2v) is 6.17. The van der Waals surface area contributed by atoms with Gasteiger partial charge in [0.2, 0.25) is 11.1 Å². The number of nitrogens with zero attached hydrogens (tertiary/aromatic N) is 4. The summed E-state index contributed by atoms with van der Waals surface area (Å²) >= 11 is 5.84. The SMILES string of the molecule is Cn1nc(C(=O)N2CCCC(COc3ccccc3F)C2)nc1Cl. The molecule has 2 aromatic rings. The summed E-state index contributed by atoms with van der Waals surface area (Å²) < 4.78 is 20.5. The molecule has 24 heavy (non-hydrogen) atoms. The van der Waals surface area contributed by atoms with Gasteiger partial charge in [-0.1, -0.05) is 12.1 Å². The van der Waals surface area contributed by atoms with Crippen LogP contribution in [0, 0.1) is 11.7 Å². The number of ether oxygens (including phenoxy) is 1. The smallest absolute Gasteiger partial charge is 0.293 e. The van der Waals surface area contributed by atoms with Crippen LogP contribution in [-0.2, 0) is 7.05 Å². The van der Waals surface area contributed by atoms with E-state index in [2.05, 4.69) is 10.1 Å². The molecule has 1 aromatic carbocycles. The Labute approximate surface area is 144 Å². The van der Waals surface area contributed by atoms with E-state index >= 15 is 0 Å². The van der Waals surface area contributed by atoms with Gasteiger partial charge in [-0.25, -0.2) is 9.07 Å². The van der Waals surface area contributed by atoms with Gasteiger partial charge in [0.05, 0.1) is 6.61 Å². The molecule has 1 aliphatic rings. The molecule has 1 aromatic heterocycles. The van der Waals surface area contributed by atoms with Gasteiger partial charge >= 0.3 is 0 Å². The Kier molecular flexibility index (Phi) is 4.99. The minimum Gasteiger partial charge on any atom is -0.490 e. The van der Waals surface area contributed by atoms with Crippen molar-refractivity contribution < 1.29 is 13.9 Å². The quantitative estimate of drug-likeness (QED) is 0.848. The zero-order valence-electron chi connectivity index (χ0n) is 13.3. The lowest BCUT2D eigenvalue weighted by atomic mass is 9.99. The fraction of sp³-hybridized carbons (Fsp3) is 0.438. The number of benzene rings is 1. The fourth-order valence-corrected chi connectivity index (χ4v) is 2.87. The number of piperidine rings is 1. The maximum Gasteiger partial charge on any atom is 0.293 e. The number of para-hydroxylation sites is 1. The third kappa shape index (κ3) is 3.67. The monoisotopic (exact) mass is 352 g/mol. The van der Waals surface area contributed by atoms with Gasteiger partial charge in [-0.3, -0.25) is 4.79 Å². The van der Waals surface area contributed by atoms with Crippen molar-refractivity contribution in [1.82, 2.24) is 19.7 Å². The molecule has 1 atom stereocenters. The van der Waals surface area contributed by atoms with E-state index in [0.717, 1.165) is 12.8 Å². The van der Waals surface area contributed by atoms with Gasteiger partial charge < -0.3 is 9.64 Å². The van der Waals surface area contributed by atoms with Gasteiger partial charge in [0.15, 0.2) is 11.6 Å². The van der Waals surface area contributed by atoms with Gasteiger partial charge in [0.25, 0.3) is 5.91 Å². The van der Waals surface area contributed by atoms with Crippen LogP contribution in [0.3, 0.4) is 0 Å². The van der Waals surface area contributed by atoms with Gasteiger partial charge in [-0.05, 0) is 36.6 Å². The van der Waals surface area contributed by atoms with Crippen LogP contribution in [0.1, 0.15) is 23.5 Å². The van der Waals surface area contributed by atoms with Crippen LogP contribution >= 0.6 is 11.6 Å². The summed E-state index contributed by atoms with van der Waals surface area (Å²) in [6.07, 6.45) is 1.78. The average Bonchev–Trinajstić information content (AvgIpc) is 2.93. The van der Waals surface area contributed by atoms with Crippen molar-refractivity contribution in [2.45, 2.75) is 12.8 Å². The molecule has 0 radical (unpaired) electrons. The summed E-state index contributed by atoms with van der Waals surface area (Å²) in [5, 5.41) is 4.19. The number of carbonyl (C=O) groups excluding carboxylic acids is 1. The normalized spacial score (nSPS) is 17.8. The number of likely N-dealkylation sites (tertiary alicyclic amines) is 1. The number of rotatable bonds is 4. The number of halogens is 2. The lowest BCUT2D eigenvalue weighted by Gasteiger charge is -2.31. The molecular formula is C16H18ClFN4O2. The fourth-order valence-electron chi connectivity index (χ4n) is 2.75. The molecule has 3 rings (SSSR count). The van der Waals surface area contributed by atoms with Gasteiger partial charge in [-0.2, -0.15) is 4.98 Å². The predicted octanol–water partition coefficient (Wildman–Crippen LogP) is 2.54. The summed E-state index contributed by atoms with van der Waals surface area (Å²) in [6.45, 7) is 1.54. The zero-order chi connectivity index (χ0) is 17.1. The molecule has 1 fully saturated rings. The van der Waals surface area contributed by atoms with Gasteiger partial charge in [0.1, 0.15) is 0 Å². The second-order valence-electron chi connectivity index (χ2n) is 5.83. The first-order valence-electron chi connectivity index (χ1n) is 7.77. The third-order valence-electron chi connectivity index (χ3n) is 4.02. The first-order chi connectivity index (χ1) is 11.5. The number of hydrogen-bond acceptors (Lipinski definition) is 4. The van der Waals surface area contributed by atoms with Crippen molar-refractivity contribution >= 4 is 17.5 Å². The molecule has 1 amide bonds. The molecule has 8 heteroatoms. The van der Waals surface area contributed by atoms with E-state index < -0.39 is 0 Å². The van der Waals surface area contributed by atoms with Crippen LogP contribution in [0.4, 0.5) is 4.39 Å². The maximum atomic E-state index is 13.6. The first-order valence-corrected chi connectivity index (χ1v) is 8.15. The Morgan fingerprint density at radius 3 is 2.96 bits per heavy atom. The minimum absolute atomic E-state index is 0.0955. The van der Waals surface area contributed by atoms with Crippen LogP contribution in [0.5, 0.6) is 5.75 Å². The predicted molar refractivity (Wildman–Crippen MR) is 86.5 cm³/mol. The van der Waals surface area contributed by atoms with Crippen molar-refractivity contribution in [3.63, 3.8) is 0 Å². The highest BCUT2D eigenvalue weighted by atomic mass is 35.5. The molecule has 0 saturated carbocycles. The van der Waals surface area contributed by atoms with Crippen LogP contribution in [0.2, 0.25) is 5.28 Å². The number of aromatic nitrogens is 3. The van der Waals surface area contributed by atoms with E-state index in [4.69, 9.17) is 16.3 Å². The van der Waals surface area contributed by atoms with E-state index in [0.29, 0.717) is 19.7 Å². The highest BCUT2D eigenvalue weighted by molar-refractivity contribution is 6.28. The summed E-state index contributed by atoms with van der Waals surface area (Å²) in [6, 6.07) is 6.31. The Bertz CT molecular complexity index is 717. The summed E-state index contributed by atoms with van der Waals surface area (Å²) in [4.78, 5) is 18.1. The number of hydrogen-bond donors (Lipinski definition) is 0. The average molecular weight is 353 g/mol. The van der Waals surface area contributed by atoms with Crippen molar-refractivity contribution in [1.29, 1.82) is 0 Å². The van der Waals surface area contributed by atoms with E-state index in [9.17, 15) is 9.18 Å². The molecule has 0 bridgehead atoms. The van der Waals surface area contributed by atoms with Gasteiger partial charge in [-0.15, -0.1) is 5.10 Å². The Hall–Kier alpha value is -2.15. The van der Waals surface area contributed by atoms with E-state index in [-0.39, 0.29) is 34.5 Å². The van der Waals surface area contributed by atoms with Crippen molar-refractivity contribution in [3.8, 4) is 5.75 Å². The topological polar surface area (TPSA) is 60.2 Å². The van der Waals surface area contributed by atoms with E-state index in [1.54, 1.807) is 30.1 Å². The number of carbonyl (C=O) groups is 1. The highest BCUT2D eigenvalue weighted by Gasteiger charge is 2.27. The van der Waals surface area contributed by atoms with Crippen LogP contribution < -0.4 is 4.74 Å². The van der Waals surface area contributed by atoms with Gasteiger partial charge in [0, 0.05) is 26.1 Å². The molecular weight excluding hydrogens is 335 g/mol. The maximum absolute atomic E-state index is 13.6. The molecule has 2 heterocycles. The number of aryl methyl sites for hydroxylation is 1. The van der Waals surface area contributed by atoms with Crippen molar-refractivity contribution in [3.05, 3.63) is 41.2 Å². The molecule has 128 valence electrons. The molecule has 0 spiro atoms. The molecule has 0 N–H and O–H groups in total. The summed E-state index contributed by atoms with van der Waals surface area (Å²) in [5.74, 6) is -0.152. The van der Waals surface area contributed by atoms with Crippen molar-refractivity contribution in [2.24, 2.45) is 13.0 Å². The molecule has 6 nitrogen and oxygen atoms in total. The van der Waals surface area contributed by atoms with Crippen LogP contribution in [-0.4, -0.2) is 45.3 Å². The third-order valence-corrected chi connectivity index (χ3v) is 4.35. The molecule has 1 saturated heterocycles. The zero-order valence-corrected chi connectivity index (χ0v) is 14.0. The second kappa shape index (κ2) is 7.17. The van der Waals surface area contributed by atoms with Crippen molar-refractivity contribution in [2.75, 3.05) is 19.7 Å². The lowest BCUT2D eigenvalue weighted by molar-refractivity contribution is 0.0619. The minimum atomic E-state index is -0.381. The van der Waals surface area contributed by atoms with Crippen LogP contribution in [0.15, 0.2) is 24.3 Å². The Morgan fingerprint density at radius 2 is 2.25 bits per heavy atom. The lowest BCUT2D eigenvalue weighted by Crippen LogP contribution is -2.42. The molecule has 1 unspecified atom stereocenters. The Balaban J connectivity index is 1.60. The summed E-state index contributed by atoms with van der Waals surface area (Å²) in [7, 11) is 1.63. The Morgan fingerprint density at radius 1 is 1.46 bits per heavy atom. The summed E-state index contributed by atoms with van der Waals surface area (Å²) in [5.41, 5.74) is 0. The van der Waals surface area contributed by atoms with Crippen LogP contribution in [0.25, 0.3) is 0 Å². The molecule has 1 aliphatic heterocycles. The molecule has 0 aliphatic carbocycles. The standard InChI is InChI=1S/C16H18ClFN4O2/c1-21-16(17)19-14(20-21)15(23)22-8-4-5-11(9-22)10-24-13-7-3-2-6-12(13)18/h2-3,6-7,11H,4-5,8-10H2,1H3. The first kappa shape index (κ1) is 16.7.